The topological polar surface area (TPSA) is 89.2 Å². The maximum Gasteiger partial charge on any atom is 0.255 e. The van der Waals surface area contributed by atoms with Crippen LogP contribution in [0.1, 0.15) is 28.4 Å². The standard InChI is InChI=1S/C19H20N4O3/c1-14(22-19(25)17-7-10-26-13-17)18(24)20-11-15-5-2-3-6-16(15)12-23-9-4-8-21-23/h2-10,13-14H,11-12H2,1H3,(H,20,24)(H,22,25). The molecule has 0 bridgehead atoms. The first-order chi connectivity index (χ1) is 12.6. The van der Waals surface area contributed by atoms with E-state index in [9.17, 15) is 9.59 Å². The molecule has 1 unspecified atom stereocenters. The van der Waals surface area contributed by atoms with E-state index in [4.69, 9.17) is 4.42 Å². The molecular formula is C19H20N4O3. The van der Waals surface area contributed by atoms with Crippen molar-refractivity contribution in [1.29, 1.82) is 0 Å². The number of carbonyl (C=O) groups excluding carboxylic acids is 2. The van der Waals surface area contributed by atoms with Crippen molar-refractivity contribution in [2.45, 2.75) is 26.1 Å². The lowest BCUT2D eigenvalue weighted by molar-refractivity contribution is -0.122. The predicted molar refractivity (Wildman–Crippen MR) is 95.3 cm³/mol. The fraction of sp³-hybridized carbons (Fsp3) is 0.211. The van der Waals surface area contributed by atoms with Crippen LogP contribution in [0, 0.1) is 0 Å². The van der Waals surface area contributed by atoms with Gasteiger partial charge < -0.3 is 15.1 Å². The maximum absolute atomic E-state index is 12.3. The molecule has 7 nitrogen and oxygen atoms in total. The zero-order valence-corrected chi connectivity index (χ0v) is 14.4. The molecule has 0 fully saturated rings. The predicted octanol–water partition coefficient (Wildman–Crippen LogP) is 1.96. The minimum Gasteiger partial charge on any atom is -0.472 e. The van der Waals surface area contributed by atoms with E-state index in [-0.39, 0.29) is 11.8 Å². The summed E-state index contributed by atoms with van der Waals surface area (Å²) in [6.45, 7) is 2.65. The van der Waals surface area contributed by atoms with Crippen LogP contribution in [0.2, 0.25) is 0 Å². The Morgan fingerprint density at radius 1 is 1.19 bits per heavy atom. The first-order valence-electron chi connectivity index (χ1n) is 8.28. The van der Waals surface area contributed by atoms with E-state index in [2.05, 4.69) is 15.7 Å². The summed E-state index contributed by atoms with van der Waals surface area (Å²) in [5.74, 6) is -0.601. The van der Waals surface area contributed by atoms with Crippen molar-refractivity contribution in [3.8, 4) is 0 Å². The molecule has 2 aromatic heterocycles. The van der Waals surface area contributed by atoms with Crippen LogP contribution >= 0.6 is 0 Å². The third kappa shape index (κ3) is 4.38. The van der Waals surface area contributed by atoms with Gasteiger partial charge in [-0.1, -0.05) is 24.3 Å². The van der Waals surface area contributed by atoms with E-state index in [0.717, 1.165) is 11.1 Å². The summed E-state index contributed by atoms with van der Waals surface area (Å²) in [6.07, 6.45) is 6.37. The number of hydrogen-bond acceptors (Lipinski definition) is 4. The Balaban J connectivity index is 1.56. The van der Waals surface area contributed by atoms with E-state index < -0.39 is 6.04 Å². The Bertz CT molecular complexity index is 857. The van der Waals surface area contributed by atoms with Crippen LogP contribution in [0.5, 0.6) is 0 Å². The molecule has 1 aromatic carbocycles. The van der Waals surface area contributed by atoms with Gasteiger partial charge in [0, 0.05) is 18.9 Å². The van der Waals surface area contributed by atoms with Crippen molar-refractivity contribution < 1.29 is 14.0 Å². The molecule has 134 valence electrons. The first kappa shape index (κ1) is 17.5. The van der Waals surface area contributed by atoms with E-state index in [1.165, 1.54) is 12.5 Å². The van der Waals surface area contributed by atoms with E-state index in [0.29, 0.717) is 18.7 Å². The lowest BCUT2D eigenvalue weighted by atomic mass is 10.1. The summed E-state index contributed by atoms with van der Waals surface area (Å²) in [7, 11) is 0. The number of amides is 2. The second kappa shape index (κ2) is 8.15. The summed E-state index contributed by atoms with van der Waals surface area (Å²) < 4.78 is 6.70. The largest absolute Gasteiger partial charge is 0.472 e. The van der Waals surface area contributed by atoms with Gasteiger partial charge in [-0.3, -0.25) is 14.3 Å². The molecule has 0 saturated heterocycles. The van der Waals surface area contributed by atoms with Crippen LogP contribution in [-0.4, -0.2) is 27.6 Å². The van der Waals surface area contributed by atoms with Gasteiger partial charge in [-0.25, -0.2) is 0 Å². The zero-order valence-electron chi connectivity index (χ0n) is 14.4. The average molecular weight is 352 g/mol. The highest BCUT2D eigenvalue weighted by Gasteiger charge is 2.17. The highest BCUT2D eigenvalue weighted by atomic mass is 16.3. The number of furan rings is 1. The van der Waals surface area contributed by atoms with Gasteiger partial charge in [-0.15, -0.1) is 0 Å². The van der Waals surface area contributed by atoms with Gasteiger partial charge in [0.2, 0.25) is 5.91 Å². The van der Waals surface area contributed by atoms with Crippen LogP contribution in [-0.2, 0) is 17.9 Å². The highest BCUT2D eigenvalue weighted by molar-refractivity contribution is 5.97. The molecule has 0 aliphatic heterocycles. The average Bonchev–Trinajstić information content (AvgIpc) is 3.34. The van der Waals surface area contributed by atoms with Crippen LogP contribution in [0.4, 0.5) is 0 Å². The molecule has 2 heterocycles. The van der Waals surface area contributed by atoms with Crippen molar-refractivity contribution in [3.63, 3.8) is 0 Å². The Morgan fingerprint density at radius 2 is 2.00 bits per heavy atom. The molecule has 1 atom stereocenters. The Kier molecular flexibility index (Phi) is 5.48. The van der Waals surface area contributed by atoms with Gasteiger partial charge in [0.05, 0.1) is 18.4 Å². The SMILES string of the molecule is CC(NC(=O)c1ccoc1)C(=O)NCc1ccccc1Cn1cccn1. The van der Waals surface area contributed by atoms with Crippen LogP contribution < -0.4 is 10.6 Å². The van der Waals surface area contributed by atoms with Crippen molar-refractivity contribution in [2.75, 3.05) is 0 Å². The highest BCUT2D eigenvalue weighted by Crippen LogP contribution is 2.10. The van der Waals surface area contributed by atoms with Gasteiger partial charge in [-0.05, 0) is 30.2 Å². The first-order valence-corrected chi connectivity index (χ1v) is 8.28. The Labute approximate surface area is 151 Å². The van der Waals surface area contributed by atoms with Crippen molar-refractivity contribution in [2.24, 2.45) is 0 Å². The molecular weight excluding hydrogens is 332 g/mol. The summed E-state index contributed by atoms with van der Waals surface area (Å²) in [5.41, 5.74) is 2.46. The molecule has 0 saturated carbocycles. The lowest BCUT2D eigenvalue weighted by Gasteiger charge is -2.15. The number of nitrogens with one attached hydrogen (secondary N) is 2. The fourth-order valence-electron chi connectivity index (χ4n) is 2.53. The molecule has 0 spiro atoms. The van der Waals surface area contributed by atoms with E-state index >= 15 is 0 Å². The summed E-state index contributed by atoms with van der Waals surface area (Å²) in [6, 6.07) is 10.6. The maximum atomic E-state index is 12.3. The third-order valence-corrected chi connectivity index (χ3v) is 3.99. The van der Waals surface area contributed by atoms with Crippen molar-refractivity contribution in [3.05, 3.63) is 78.0 Å². The van der Waals surface area contributed by atoms with Crippen molar-refractivity contribution >= 4 is 11.8 Å². The number of carbonyl (C=O) groups is 2. The quantitative estimate of drug-likeness (QED) is 0.680. The number of rotatable bonds is 7. The molecule has 0 aliphatic carbocycles. The zero-order chi connectivity index (χ0) is 18.4. The fourth-order valence-corrected chi connectivity index (χ4v) is 2.53. The number of nitrogens with zero attached hydrogens (tertiary/aromatic N) is 2. The monoisotopic (exact) mass is 352 g/mol. The molecule has 2 N–H and O–H groups in total. The third-order valence-electron chi connectivity index (χ3n) is 3.99. The second-order valence-corrected chi connectivity index (χ2v) is 5.90. The van der Waals surface area contributed by atoms with E-state index in [1.54, 1.807) is 19.2 Å². The normalized spacial score (nSPS) is 11.7. The van der Waals surface area contributed by atoms with Gasteiger partial charge in [0.15, 0.2) is 0 Å². The van der Waals surface area contributed by atoms with Gasteiger partial charge >= 0.3 is 0 Å². The molecule has 2 amide bonds. The summed E-state index contributed by atoms with van der Waals surface area (Å²) in [5, 5.41) is 9.71. The Hall–Kier alpha value is -3.35. The minimum atomic E-state index is -0.657. The van der Waals surface area contributed by atoms with E-state index in [1.807, 2.05) is 41.2 Å². The smallest absolute Gasteiger partial charge is 0.255 e. The Morgan fingerprint density at radius 3 is 2.69 bits per heavy atom. The minimum absolute atomic E-state index is 0.254. The van der Waals surface area contributed by atoms with Gasteiger partial charge in [0.1, 0.15) is 12.3 Å². The second-order valence-electron chi connectivity index (χ2n) is 5.90. The molecule has 26 heavy (non-hydrogen) atoms. The molecule has 7 heteroatoms. The van der Waals surface area contributed by atoms with Crippen molar-refractivity contribution in [1.82, 2.24) is 20.4 Å². The van der Waals surface area contributed by atoms with Gasteiger partial charge in [0.25, 0.3) is 5.91 Å². The van der Waals surface area contributed by atoms with Crippen LogP contribution in [0.15, 0.2) is 65.7 Å². The molecule has 3 aromatic rings. The van der Waals surface area contributed by atoms with Crippen LogP contribution in [0.25, 0.3) is 0 Å². The number of benzene rings is 1. The lowest BCUT2D eigenvalue weighted by Crippen LogP contribution is -2.44. The van der Waals surface area contributed by atoms with Crippen LogP contribution in [0.3, 0.4) is 0 Å². The number of aromatic nitrogens is 2. The van der Waals surface area contributed by atoms with Gasteiger partial charge in [-0.2, -0.15) is 5.10 Å². The molecule has 3 rings (SSSR count). The molecule has 0 radical (unpaired) electrons. The summed E-state index contributed by atoms with van der Waals surface area (Å²) in [4.78, 5) is 24.2. The number of hydrogen-bond donors (Lipinski definition) is 2. The molecule has 0 aliphatic rings. The summed E-state index contributed by atoms with van der Waals surface area (Å²) >= 11 is 0.